The fourth-order valence-corrected chi connectivity index (χ4v) is 1.56. The molecular formula is C12H29Na2O3S-. The summed E-state index contributed by atoms with van der Waals surface area (Å²) >= 11 is -2.86. The number of rotatable bonds is 9. The van der Waals surface area contributed by atoms with Crippen LogP contribution in [0.2, 0.25) is 0 Å². The molecule has 3 nitrogen and oxygen atoms in total. The van der Waals surface area contributed by atoms with E-state index < -0.39 is 11.4 Å². The second-order valence-electron chi connectivity index (χ2n) is 4.05. The SMILES string of the molecule is CCCCCCCCCCCC.O=S([O-])O.[H-].[H-].[Na+].[Na+]. The summed E-state index contributed by atoms with van der Waals surface area (Å²) in [6.45, 7) is 4.56. The predicted molar refractivity (Wildman–Crippen MR) is 71.3 cm³/mol. The van der Waals surface area contributed by atoms with Gasteiger partial charge in [-0.15, -0.1) is 0 Å². The van der Waals surface area contributed by atoms with Crippen molar-refractivity contribution >= 4 is 11.4 Å². The summed E-state index contributed by atoms with van der Waals surface area (Å²) < 4.78 is 24.1. The van der Waals surface area contributed by atoms with Crippen molar-refractivity contribution in [1.82, 2.24) is 0 Å². The molecule has 0 saturated carbocycles. The van der Waals surface area contributed by atoms with Crippen LogP contribution in [-0.2, 0) is 11.4 Å². The maximum atomic E-state index is 8.56. The van der Waals surface area contributed by atoms with Crippen LogP contribution in [-0.4, -0.2) is 13.3 Å². The Labute approximate surface area is 163 Å². The molecule has 0 spiro atoms. The molecule has 0 aromatic heterocycles. The maximum absolute atomic E-state index is 8.56. The quantitative estimate of drug-likeness (QED) is 0.320. The molecule has 0 amide bonds. The zero-order valence-electron chi connectivity index (χ0n) is 14.7. The predicted octanol–water partition coefficient (Wildman–Crippen LogP) is -1.50. The third-order valence-corrected chi connectivity index (χ3v) is 2.46. The van der Waals surface area contributed by atoms with Crippen LogP contribution in [0.15, 0.2) is 0 Å². The Hall–Kier alpha value is 2.07. The van der Waals surface area contributed by atoms with Gasteiger partial charge in [-0.3, -0.25) is 0 Å². The van der Waals surface area contributed by atoms with Crippen molar-refractivity contribution in [3.8, 4) is 0 Å². The van der Waals surface area contributed by atoms with Crippen molar-refractivity contribution in [2.75, 3.05) is 0 Å². The van der Waals surface area contributed by atoms with E-state index in [1.54, 1.807) is 0 Å². The van der Waals surface area contributed by atoms with Gasteiger partial charge in [0.05, 0.1) is 11.4 Å². The molecule has 0 aliphatic carbocycles. The molecule has 104 valence electrons. The van der Waals surface area contributed by atoms with E-state index in [9.17, 15) is 0 Å². The molecule has 0 heterocycles. The summed E-state index contributed by atoms with van der Waals surface area (Å²) in [7, 11) is 0. The Morgan fingerprint density at radius 3 is 1.17 bits per heavy atom. The minimum Gasteiger partial charge on any atom is -1.00 e. The van der Waals surface area contributed by atoms with E-state index in [0.717, 1.165) is 0 Å². The number of hydrogen-bond donors (Lipinski definition) is 1. The summed E-state index contributed by atoms with van der Waals surface area (Å²) in [6, 6.07) is 0. The van der Waals surface area contributed by atoms with Gasteiger partial charge in [0.15, 0.2) is 0 Å². The maximum Gasteiger partial charge on any atom is 1.00 e. The first-order valence-corrected chi connectivity index (χ1v) is 7.46. The molecule has 0 aromatic carbocycles. The molecule has 0 bridgehead atoms. The minimum atomic E-state index is -2.86. The molecule has 18 heavy (non-hydrogen) atoms. The second kappa shape index (κ2) is 27.4. The number of unbranched alkanes of at least 4 members (excludes halogenated alkanes) is 9. The van der Waals surface area contributed by atoms with Crippen molar-refractivity contribution < 1.29 is 75.3 Å². The molecule has 0 rings (SSSR count). The first-order chi connectivity index (χ1) is 7.65. The van der Waals surface area contributed by atoms with Crippen LogP contribution in [0.25, 0.3) is 0 Å². The van der Waals surface area contributed by atoms with E-state index >= 15 is 0 Å². The van der Waals surface area contributed by atoms with Crippen LogP contribution in [0.3, 0.4) is 0 Å². The van der Waals surface area contributed by atoms with Crippen molar-refractivity contribution in [2.24, 2.45) is 0 Å². The standard InChI is InChI=1S/C12H26.2Na.H2O3S.2H/c1-3-5-7-9-11-12-10-8-6-4-2;;;1-4(2)3;;/h3-12H2,1-2H3;;;(H2,1,2,3);;/q;2*+1;;2*-1/p-1. The van der Waals surface area contributed by atoms with Crippen molar-refractivity contribution in [3.05, 3.63) is 0 Å². The van der Waals surface area contributed by atoms with Gasteiger partial charge in [-0.25, -0.2) is 4.21 Å². The number of hydrogen-bond acceptors (Lipinski definition) is 2. The van der Waals surface area contributed by atoms with Gasteiger partial charge >= 0.3 is 59.1 Å². The molecule has 0 aromatic rings. The monoisotopic (exact) mass is 299 g/mol. The zero-order chi connectivity index (χ0) is 12.6. The van der Waals surface area contributed by atoms with Crippen LogP contribution >= 0.6 is 0 Å². The van der Waals surface area contributed by atoms with E-state index in [2.05, 4.69) is 13.8 Å². The van der Waals surface area contributed by atoms with E-state index in [1.807, 2.05) is 0 Å². The van der Waals surface area contributed by atoms with Gasteiger partial charge in [0, 0.05) is 0 Å². The molecule has 6 heteroatoms. The van der Waals surface area contributed by atoms with Gasteiger partial charge in [0.1, 0.15) is 0 Å². The van der Waals surface area contributed by atoms with E-state index in [-0.39, 0.29) is 62.0 Å². The van der Waals surface area contributed by atoms with Gasteiger partial charge in [0.2, 0.25) is 0 Å². The Balaban J connectivity index is -0.0000000547. The normalized spacial score (nSPS) is 10.4. The summed E-state index contributed by atoms with van der Waals surface area (Å²) in [6.07, 6.45) is 14.4. The fraction of sp³-hybridized carbons (Fsp3) is 1.00. The molecule has 1 unspecified atom stereocenters. The first-order valence-electron chi connectivity index (χ1n) is 6.43. The van der Waals surface area contributed by atoms with Crippen molar-refractivity contribution in [2.45, 2.75) is 78.1 Å². The van der Waals surface area contributed by atoms with Crippen molar-refractivity contribution in [3.63, 3.8) is 0 Å². The van der Waals surface area contributed by atoms with Crippen LogP contribution in [0.1, 0.15) is 80.9 Å². The van der Waals surface area contributed by atoms with Gasteiger partial charge in [-0.05, 0) is 0 Å². The molecule has 0 radical (unpaired) electrons. The molecule has 0 fully saturated rings. The Morgan fingerprint density at radius 2 is 1.00 bits per heavy atom. The zero-order valence-corrected chi connectivity index (χ0v) is 17.6. The molecule has 1 N–H and O–H groups in total. The average molecular weight is 299 g/mol. The summed E-state index contributed by atoms with van der Waals surface area (Å²) in [5.74, 6) is 0. The Kier molecular flexibility index (Phi) is 43.1. The molecule has 1 atom stereocenters. The first kappa shape index (κ1) is 28.3. The summed E-state index contributed by atoms with van der Waals surface area (Å²) in [5.41, 5.74) is 0. The van der Waals surface area contributed by atoms with E-state index in [0.29, 0.717) is 0 Å². The van der Waals surface area contributed by atoms with Gasteiger partial charge in [-0.2, -0.15) is 0 Å². The van der Waals surface area contributed by atoms with Crippen LogP contribution in [0.5, 0.6) is 0 Å². The van der Waals surface area contributed by atoms with Gasteiger partial charge in [-0.1, -0.05) is 78.1 Å². The topological polar surface area (TPSA) is 60.4 Å². The summed E-state index contributed by atoms with van der Waals surface area (Å²) in [5, 5.41) is 0. The van der Waals surface area contributed by atoms with Crippen molar-refractivity contribution in [1.29, 1.82) is 0 Å². The van der Waals surface area contributed by atoms with Crippen LogP contribution < -0.4 is 59.1 Å². The van der Waals surface area contributed by atoms with Crippen LogP contribution in [0.4, 0.5) is 0 Å². The largest absolute Gasteiger partial charge is 1.00 e. The third-order valence-electron chi connectivity index (χ3n) is 2.46. The average Bonchev–Trinajstić information content (AvgIpc) is 2.21. The second-order valence-corrected chi connectivity index (χ2v) is 4.48. The summed E-state index contributed by atoms with van der Waals surface area (Å²) in [4.78, 5) is 0. The molecule has 0 aliphatic rings. The van der Waals surface area contributed by atoms with E-state index in [4.69, 9.17) is 13.3 Å². The molecular weight excluding hydrogens is 270 g/mol. The third kappa shape index (κ3) is 43.0. The minimum absolute atomic E-state index is 0. The molecule has 0 aliphatic heterocycles. The molecule has 0 saturated heterocycles. The van der Waals surface area contributed by atoms with Gasteiger partial charge in [0.25, 0.3) is 0 Å². The van der Waals surface area contributed by atoms with Gasteiger partial charge < -0.3 is 12.0 Å². The Bertz CT molecular complexity index is 145. The van der Waals surface area contributed by atoms with Crippen LogP contribution in [0, 0.1) is 0 Å². The smallest absolute Gasteiger partial charge is 1.00 e. The fourth-order valence-electron chi connectivity index (χ4n) is 1.56. The van der Waals surface area contributed by atoms with E-state index in [1.165, 1.54) is 64.2 Å². The Morgan fingerprint density at radius 1 is 0.833 bits per heavy atom.